The normalized spacial score (nSPS) is 17.0. The standard InChI is InChI=1S/C25H21N3O3S/c1-15-9-11-17(12-10-15)21-24(27-23(30)20-8-5-13-31-20)32-25(26-21)28-22(29)19-14-18(19)16-6-3-2-4-7-16/h2-13,18-19H,14H2,1H3,(H,27,30)(H,26,28,29). The first kappa shape index (κ1) is 20.2. The number of benzene rings is 2. The largest absolute Gasteiger partial charge is 0.459 e. The van der Waals surface area contributed by atoms with Crippen molar-refractivity contribution in [3.05, 3.63) is 89.9 Å². The number of thiazole rings is 1. The van der Waals surface area contributed by atoms with E-state index in [0.717, 1.165) is 17.5 Å². The van der Waals surface area contributed by atoms with E-state index >= 15 is 0 Å². The number of furan rings is 1. The van der Waals surface area contributed by atoms with Crippen LogP contribution in [-0.4, -0.2) is 16.8 Å². The molecule has 0 bridgehead atoms. The Hall–Kier alpha value is -3.71. The fraction of sp³-hybridized carbons (Fsp3) is 0.160. The highest BCUT2D eigenvalue weighted by Gasteiger charge is 2.44. The van der Waals surface area contributed by atoms with Crippen LogP contribution in [0.1, 0.15) is 34.0 Å². The Bertz CT molecular complexity index is 1250. The fourth-order valence-electron chi connectivity index (χ4n) is 3.69. The molecule has 0 aliphatic heterocycles. The van der Waals surface area contributed by atoms with Crippen LogP contribution >= 0.6 is 11.3 Å². The Morgan fingerprint density at radius 3 is 2.50 bits per heavy atom. The number of aryl methyl sites for hydroxylation is 1. The van der Waals surface area contributed by atoms with Gasteiger partial charge in [0, 0.05) is 11.5 Å². The van der Waals surface area contributed by atoms with Crippen LogP contribution in [0.5, 0.6) is 0 Å². The lowest BCUT2D eigenvalue weighted by Gasteiger charge is -2.04. The van der Waals surface area contributed by atoms with E-state index < -0.39 is 0 Å². The Morgan fingerprint density at radius 1 is 1.00 bits per heavy atom. The van der Waals surface area contributed by atoms with Crippen LogP contribution in [0.25, 0.3) is 11.3 Å². The molecule has 2 N–H and O–H groups in total. The van der Waals surface area contributed by atoms with E-state index in [4.69, 9.17) is 4.42 Å². The molecule has 5 rings (SSSR count). The molecule has 2 aromatic heterocycles. The smallest absolute Gasteiger partial charge is 0.292 e. The number of carbonyl (C=O) groups is 2. The van der Waals surface area contributed by atoms with E-state index in [2.05, 4.69) is 27.8 Å². The van der Waals surface area contributed by atoms with Crippen molar-refractivity contribution < 1.29 is 14.0 Å². The van der Waals surface area contributed by atoms with Gasteiger partial charge in [-0.15, -0.1) is 0 Å². The minimum Gasteiger partial charge on any atom is -0.459 e. The molecular formula is C25H21N3O3S. The molecule has 1 saturated carbocycles. The van der Waals surface area contributed by atoms with Crippen LogP contribution in [0.4, 0.5) is 10.1 Å². The first-order valence-corrected chi connectivity index (χ1v) is 11.2. The number of hydrogen-bond donors (Lipinski definition) is 2. The number of hydrogen-bond acceptors (Lipinski definition) is 5. The average Bonchev–Trinajstić information content (AvgIpc) is 3.22. The lowest BCUT2D eigenvalue weighted by Crippen LogP contribution is -2.14. The first-order valence-electron chi connectivity index (χ1n) is 10.4. The van der Waals surface area contributed by atoms with Crippen LogP contribution in [0.15, 0.2) is 77.4 Å². The topological polar surface area (TPSA) is 84.2 Å². The second kappa shape index (κ2) is 8.43. The molecule has 4 aromatic rings. The van der Waals surface area contributed by atoms with Crippen molar-refractivity contribution in [1.82, 2.24) is 4.98 Å². The van der Waals surface area contributed by atoms with E-state index in [9.17, 15) is 9.59 Å². The predicted octanol–water partition coefficient (Wildman–Crippen LogP) is 5.71. The van der Waals surface area contributed by atoms with Crippen LogP contribution < -0.4 is 10.6 Å². The number of nitrogens with zero attached hydrogens (tertiary/aromatic N) is 1. The predicted molar refractivity (Wildman–Crippen MR) is 125 cm³/mol. The molecule has 1 aliphatic carbocycles. The summed E-state index contributed by atoms with van der Waals surface area (Å²) in [7, 11) is 0. The summed E-state index contributed by atoms with van der Waals surface area (Å²) in [4.78, 5) is 30.0. The van der Waals surface area contributed by atoms with Crippen LogP contribution in [0.3, 0.4) is 0 Å². The van der Waals surface area contributed by atoms with Gasteiger partial charge >= 0.3 is 0 Å². The van der Waals surface area contributed by atoms with Gasteiger partial charge in [-0.2, -0.15) is 0 Å². The van der Waals surface area contributed by atoms with Gasteiger partial charge in [0.25, 0.3) is 5.91 Å². The SMILES string of the molecule is Cc1ccc(-c2nc(NC(=O)C3CC3c3ccccc3)sc2NC(=O)c2ccco2)cc1. The molecule has 32 heavy (non-hydrogen) atoms. The zero-order valence-electron chi connectivity index (χ0n) is 17.4. The summed E-state index contributed by atoms with van der Waals surface area (Å²) >= 11 is 1.24. The molecule has 160 valence electrons. The second-order valence-corrected chi connectivity index (χ2v) is 8.84. The lowest BCUT2D eigenvalue weighted by atomic mass is 10.1. The maximum Gasteiger partial charge on any atom is 0.292 e. The van der Waals surface area contributed by atoms with Gasteiger partial charge in [0.2, 0.25) is 5.91 Å². The third kappa shape index (κ3) is 4.20. The van der Waals surface area contributed by atoms with E-state index in [1.807, 2.05) is 49.4 Å². The number of anilines is 2. The van der Waals surface area contributed by atoms with Gasteiger partial charge in [0.1, 0.15) is 10.7 Å². The summed E-state index contributed by atoms with van der Waals surface area (Å²) in [6.45, 7) is 2.01. The third-order valence-electron chi connectivity index (χ3n) is 5.51. The molecule has 0 spiro atoms. The summed E-state index contributed by atoms with van der Waals surface area (Å²) in [5.41, 5.74) is 3.77. The third-order valence-corrected chi connectivity index (χ3v) is 6.40. The van der Waals surface area contributed by atoms with E-state index in [0.29, 0.717) is 15.8 Å². The number of carbonyl (C=O) groups excluding carboxylic acids is 2. The lowest BCUT2D eigenvalue weighted by molar-refractivity contribution is -0.117. The molecule has 2 unspecified atom stereocenters. The zero-order valence-corrected chi connectivity index (χ0v) is 18.2. The van der Waals surface area contributed by atoms with Crippen molar-refractivity contribution in [3.63, 3.8) is 0 Å². The van der Waals surface area contributed by atoms with Crippen molar-refractivity contribution in [1.29, 1.82) is 0 Å². The monoisotopic (exact) mass is 443 g/mol. The second-order valence-electron chi connectivity index (χ2n) is 7.84. The molecule has 2 aromatic carbocycles. The Labute approximate surface area is 189 Å². The van der Waals surface area contributed by atoms with Crippen molar-refractivity contribution in [2.75, 3.05) is 10.6 Å². The highest BCUT2D eigenvalue weighted by molar-refractivity contribution is 7.20. The summed E-state index contributed by atoms with van der Waals surface area (Å²) in [5, 5.41) is 6.83. The number of nitrogens with one attached hydrogen (secondary N) is 2. The maximum absolute atomic E-state index is 12.8. The molecule has 1 aliphatic rings. The Morgan fingerprint density at radius 2 is 1.78 bits per heavy atom. The van der Waals surface area contributed by atoms with Gasteiger partial charge in [-0.25, -0.2) is 4.98 Å². The molecule has 2 amide bonds. The van der Waals surface area contributed by atoms with Gasteiger partial charge < -0.3 is 15.1 Å². The van der Waals surface area contributed by atoms with Gasteiger partial charge in [0.15, 0.2) is 10.9 Å². The van der Waals surface area contributed by atoms with Crippen molar-refractivity contribution >= 4 is 33.3 Å². The zero-order chi connectivity index (χ0) is 22.1. The summed E-state index contributed by atoms with van der Waals surface area (Å²) in [6.07, 6.45) is 2.28. The number of rotatable bonds is 6. The average molecular weight is 444 g/mol. The van der Waals surface area contributed by atoms with Crippen molar-refractivity contribution in [2.24, 2.45) is 5.92 Å². The highest BCUT2D eigenvalue weighted by atomic mass is 32.1. The van der Waals surface area contributed by atoms with Gasteiger partial charge in [-0.3, -0.25) is 9.59 Å². The van der Waals surface area contributed by atoms with Gasteiger partial charge in [0.05, 0.1) is 6.26 Å². The van der Waals surface area contributed by atoms with Crippen molar-refractivity contribution in [2.45, 2.75) is 19.3 Å². The molecule has 2 heterocycles. The van der Waals surface area contributed by atoms with Crippen LogP contribution in [-0.2, 0) is 4.79 Å². The molecule has 0 saturated heterocycles. The highest BCUT2D eigenvalue weighted by Crippen LogP contribution is 2.48. The minimum absolute atomic E-state index is 0.0491. The van der Waals surface area contributed by atoms with Gasteiger partial charge in [-0.1, -0.05) is 71.5 Å². The quantitative estimate of drug-likeness (QED) is 0.400. The van der Waals surface area contributed by atoms with E-state index in [-0.39, 0.29) is 29.4 Å². The maximum atomic E-state index is 12.8. The molecular weight excluding hydrogens is 422 g/mol. The number of aromatic nitrogens is 1. The molecule has 0 radical (unpaired) electrons. The van der Waals surface area contributed by atoms with Crippen LogP contribution in [0.2, 0.25) is 0 Å². The summed E-state index contributed by atoms with van der Waals surface area (Å²) < 4.78 is 5.20. The minimum atomic E-state index is -0.365. The van der Waals surface area contributed by atoms with Gasteiger partial charge in [-0.05, 0) is 37.0 Å². The molecule has 7 heteroatoms. The van der Waals surface area contributed by atoms with E-state index in [1.54, 1.807) is 12.1 Å². The van der Waals surface area contributed by atoms with E-state index in [1.165, 1.54) is 23.2 Å². The Balaban J connectivity index is 1.37. The van der Waals surface area contributed by atoms with Crippen LogP contribution in [0, 0.1) is 12.8 Å². The van der Waals surface area contributed by atoms with Crippen molar-refractivity contribution in [3.8, 4) is 11.3 Å². The Kier molecular flexibility index (Phi) is 5.33. The molecule has 6 nitrogen and oxygen atoms in total. The fourth-order valence-corrected chi connectivity index (χ4v) is 4.58. The molecule has 2 atom stereocenters. The summed E-state index contributed by atoms with van der Waals surface area (Å²) in [5.74, 6) is -0.0261. The number of amides is 2. The first-order chi connectivity index (χ1) is 15.6. The summed E-state index contributed by atoms with van der Waals surface area (Å²) in [6, 6.07) is 21.2. The molecule has 1 fully saturated rings.